The zero-order chi connectivity index (χ0) is 13.7. The molecule has 0 saturated carbocycles. The molecule has 0 atom stereocenters. The molecule has 0 saturated heterocycles. The van der Waals surface area contributed by atoms with Gasteiger partial charge in [0.25, 0.3) is 5.91 Å². The molecule has 0 fully saturated rings. The van der Waals surface area contributed by atoms with Crippen LogP contribution in [0.5, 0.6) is 0 Å². The fraction of sp³-hybridized carbons (Fsp3) is 0.154. The molecule has 0 spiro atoms. The van der Waals surface area contributed by atoms with E-state index in [1.54, 1.807) is 18.2 Å². The van der Waals surface area contributed by atoms with E-state index in [0.29, 0.717) is 11.3 Å². The molecule has 0 unspecified atom stereocenters. The minimum atomic E-state index is -1.18. The second-order valence-electron chi connectivity index (χ2n) is 3.76. The Hall–Kier alpha value is -2.43. The summed E-state index contributed by atoms with van der Waals surface area (Å²) in [5.41, 5.74) is 1.01. The molecule has 5 nitrogen and oxygen atoms in total. The summed E-state index contributed by atoms with van der Waals surface area (Å²) >= 11 is 0. The number of carbonyl (C=O) groups excluding carboxylic acids is 2. The predicted molar refractivity (Wildman–Crippen MR) is 66.5 cm³/mol. The zero-order valence-corrected chi connectivity index (χ0v) is 10.1. The topological polar surface area (TPSA) is 83.5 Å². The van der Waals surface area contributed by atoms with Crippen LogP contribution in [0.1, 0.15) is 24.2 Å². The first-order valence-corrected chi connectivity index (χ1v) is 5.23. The second kappa shape index (κ2) is 5.77. The lowest BCUT2D eigenvalue weighted by Crippen LogP contribution is -2.14. The minimum Gasteiger partial charge on any atom is -0.478 e. The van der Waals surface area contributed by atoms with Crippen molar-refractivity contribution in [2.75, 3.05) is 5.32 Å². The first kappa shape index (κ1) is 13.6. The van der Waals surface area contributed by atoms with Crippen LogP contribution in [0.4, 0.5) is 5.69 Å². The van der Waals surface area contributed by atoms with Crippen molar-refractivity contribution in [2.45, 2.75) is 13.8 Å². The van der Waals surface area contributed by atoms with Crippen molar-refractivity contribution in [1.29, 1.82) is 0 Å². The molecule has 0 heterocycles. The first-order valence-electron chi connectivity index (χ1n) is 5.23. The van der Waals surface area contributed by atoms with Crippen LogP contribution in [0, 0.1) is 0 Å². The molecule has 5 heteroatoms. The SMILES string of the molecule is CC(=O)c1cccc(NC(=O)/C(C)=C\C(=O)O)c1. The summed E-state index contributed by atoms with van der Waals surface area (Å²) in [6.07, 6.45) is 0.824. The number of nitrogens with one attached hydrogen (secondary N) is 1. The van der Waals surface area contributed by atoms with Gasteiger partial charge in [-0.15, -0.1) is 0 Å². The van der Waals surface area contributed by atoms with E-state index in [-0.39, 0.29) is 11.4 Å². The maximum Gasteiger partial charge on any atom is 0.328 e. The molecule has 1 amide bonds. The molecular formula is C13H13NO4. The number of Topliss-reactive ketones (excluding diaryl/α,β-unsaturated/α-hetero) is 1. The standard InChI is InChI=1S/C13H13NO4/c1-8(6-12(16)17)13(18)14-11-5-3-4-10(7-11)9(2)15/h3-7H,1-2H3,(H,14,18)(H,16,17)/b8-6-. The summed E-state index contributed by atoms with van der Waals surface area (Å²) in [5, 5.41) is 11.0. The van der Waals surface area contributed by atoms with Crippen molar-refractivity contribution < 1.29 is 19.5 Å². The Labute approximate surface area is 104 Å². The van der Waals surface area contributed by atoms with Crippen LogP contribution in [0.25, 0.3) is 0 Å². The third kappa shape index (κ3) is 3.86. The van der Waals surface area contributed by atoms with Crippen LogP contribution in [0.2, 0.25) is 0 Å². The number of ketones is 1. The van der Waals surface area contributed by atoms with E-state index in [1.807, 2.05) is 0 Å². The summed E-state index contributed by atoms with van der Waals surface area (Å²) in [7, 11) is 0. The Kier molecular flexibility index (Phi) is 4.37. The molecule has 0 aliphatic carbocycles. The fourth-order valence-corrected chi connectivity index (χ4v) is 1.30. The maximum absolute atomic E-state index is 11.6. The summed E-state index contributed by atoms with van der Waals surface area (Å²) in [6, 6.07) is 6.44. The monoisotopic (exact) mass is 247 g/mol. The van der Waals surface area contributed by atoms with E-state index < -0.39 is 11.9 Å². The van der Waals surface area contributed by atoms with Gasteiger partial charge >= 0.3 is 5.97 Å². The predicted octanol–water partition coefficient (Wildman–Crippen LogP) is 1.86. The van der Waals surface area contributed by atoms with Crippen molar-refractivity contribution in [3.05, 3.63) is 41.5 Å². The van der Waals surface area contributed by atoms with E-state index >= 15 is 0 Å². The Balaban J connectivity index is 2.85. The summed E-state index contributed by atoms with van der Waals surface area (Å²) in [6.45, 7) is 2.83. The number of anilines is 1. The van der Waals surface area contributed by atoms with Gasteiger partial charge in [0.05, 0.1) is 0 Å². The lowest BCUT2D eigenvalue weighted by atomic mass is 10.1. The van der Waals surface area contributed by atoms with Crippen molar-refractivity contribution in [1.82, 2.24) is 0 Å². The first-order chi connectivity index (χ1) is 8.40. The Morgan fingerprint density at radius 2 is 1.89 bits per heavy atom. The molecule has 0 aliphatic rings. The van der Waals surface area contributed by atoms with Gasteiger partial charge < -0.3 is 10.4 Å². The lowest BCUT2D eigenvalue weighted by molar-refractivity contribution is -0.131. The number of carboxylic acids is 1. The molecule has 94 valence electrons. The Bertz CT molecular complexity index is 532. The van der Waals surface area contributed by atoms with Gasteiger partial charge in [0.1, 0.15) is 0 Å². The van der Waals surface area contributed by atoms with Crippen molar-refractivity contribution >= 4 is 23.3 Å². The molecule has 1 rings (SSSR count). The third-order valence-corrected chi connectivity index (χ3v) is 2.23. The van der Waals surface area contributed by atoms with Crippen LogP contribution < -0.4 is 5.32 Å². The smallest absolute Gasteiger partial charge is 0.328 e. The molecule has 0 aliphatic heterocycles. The van der Waals surface area contributed by atoms with Crippen LogP contribution >= 0.6 is 0 Å². The van der Waals surface area contributed by atoms with E-state index in [9.17, 15) is 14.4 Å². The number of hydrogen-bond acceptors (Lipinski definition) is 3. The molecule has 2 N–H and O–H groups in total. The van der Waals surface area contributed by atoms with E-state index in [0.717, 1.165) is 6.08 Å². The van der Waals surface area contributed by atoms with E-state index in [2.05, 4.69) is 5.32 Å². The summed E-state index contributed by atoms with van der Waals surface area (Å²) < 4.78 is 0. The number of benzene rings is 1. The van der Waals surface area contributed by atoms with Crippen LogP contribution in [-0.2, 0) is 9.59 Å². The quantitative estimate of drug-likeness (QED) is 0.628. The normalized spacial score (nSPS) is 10.9. The minimum absolute atomic E-state index is 0.0794. The summed E-state index contributed by atoms with van der Waals surface area (Å²) in [4.78, 5) is 33.2. The molecular weight excluding hydrogens is 234 g/mol. The average Bonchev–Trinajstić information content (AvgIpc) is 2.28. The number of carboxylic acid groups (broad SMARTS) is 1. The van der Waals surface area contributed by atoms with Crippen LogP contribution in [0.15, 0.2) is 35.9 Å². The number of aliphatic carboxylic acids is 1. The second-order valence-corrected chi connectivity index (χ2v) is 3.76. The number of amides is 1. The van der Waals surface area contributed by atoms with Crippen molar-refractivity contribution in [3.8, 4) is 0 Å². The van der Waals surface area contributed by atoms with Gasteiger partial charge in [0.2, 0.25) is 0 Å². The average molecular weight is 247 g/mol. The number of hydrogen-bond donors (Lipinski definition) is 2. The number of carbonyl (C=O) groups is 3. The van der Waals surface area contributed by atoms with E-state index in [1.165, 1.54) is 19.9 Å². The molecule has 0 aromatic heterocycles. The highest BCUT2D eigenvalue weighted by Gasteiger charge is 2.07. The zero-order valence-electron chi connectivity index (χ0n) is 10.1. The molecule has 1 aromatic rings. The highest BCUT2D eigenvalue weighted by atomic mass is 16.4. The Morgan fingerprint density at radius 3 is 2.44 bits per heavy atom. The van der Waals surface area contributed by atoms with Crippen LogP contribution in [-0.4, -0.2) is 22.8 Å². The van der Waals surface area contributed by atoms with Crippen LogP contribution in [0.3, 0.4) is 0 Å². The molecule has 0 bridgehead atoms. The van der Waals surface area contributed by atoms with Gasteiger partial charge in [-0.3, -0.25) is 9.59 Å². The van der Waals surface area contributed by atoms with Gasteiger partial charge in [0.15, 0.2) is 5.78 Å². The largest absolute Gasteiger partial charge is 0.478 e. The highest BCUT2D eigenvalue weighted by Crippen LogP contribution is 2.12. The summed E-state index contributed by atoms with van der Waals surface area (Å²) in [5.74, 6) is -1.80. The number of rotatable bonds is 4. The van der Waals surface area contributed by atoms with Gasteiger partial charge in [0, 0.05) is 22.9 Å². The fourth-order valence-electron chi connectivity index (χ4n) is 1.30. The van der Waals surface area contributed by atoms with Gasteiger partial charge in [-0.25, -0.2) is 4.79 Å². The van der Waals surface area contributed by atoms with Crippen molar-refractivity contribution in [3.63, 3.8) is 0 Å². The van der Waals surface area contributed by atoms with Gasteiger partial charge in [-0.1, -0.05) is 12.1 Å². The lowest BCUT2D eigenvalue weighted by Gasteiger charge is -2.06. The van der Waals surface area contributed by atoms with Crippen molar-refractivity contribution in [2.24, 2.45) is 0 Å². The van der Waals surface area contributed by atoms with Gasteiger partial charge in [-0.2, -0.15) is 0 Å². The highest BCUT2D eigenvalue weighted by molar-refractivity contribution is 6.06. The third-order valence-electron chi connectivity index (χ3n) is 2.23. The molecule has 0 radical (unpaired) electrons. The Morgan fingerprint density at radius 1 is 1.22 bits per heavy atom. The maximum atomic E-state index is 11.6. The van der Waals surface area contributed by atoms with Gasteiger partial charge in [-0.05, 0) is 26.0 Å². The molecule has 1 aromatic carbocycles. The molecule has 18 heavy (non-hydrogen) atoms. The van der Waals surface area contributed by atoms with E-state index in [4.69, 9.17) is 5.11 Å².